The lowest BCUT2D eigenvalue weighted by Crippen LogP contribution is -2.57. The molecule has 0 saturated heterocycles. The Bertz CT molecular complexity index is 835. The molecule has 0 spiro atoms. The second-order valence-corrected chi connectivity index (χ2v) is 7.09. The number of hydrogen-bond acceptors (Lipinski definition) is 3. The summed E-state index contributed by atoms with van der Waals surface area (Å²) in [5.74, 6) is 0. The number of rotatable bonds is 3. The third-order valence-electron chi connectivity index (χ3n) is 5.83. The highest BCUT2D eigenvalue weighted by Crippen LogP contribution is 2.10. The fourth-order valence-corrected chi connectivity index (χ4v) is 3.43. The van der Waals surface area contributed by atoms with Crippen molar-refractivity contribution in [3.05, 3.63) is 33.8 Å². The molecule has 7 heteroatoms. The molecule has 132 valence electrons. The van der Waals surface area contributed by atoms with Crippen LogP contribution in [-0.4, -0.2) is 36.1 Å². The van der Waals surface area contributed by atoms with Crippen molar-refractivity contribution in [2.75, 3.05) is 0 Å². The van der Waals surface area contributed by atoms with Gasteiger partial charge in [-0.2, -0.15) is 15.3 Å². The minimum atomic E-state index is -0.0558. The minimum Gasteiger partial charge on any atom is -0.273 e. The molecule has 0 fully saturated rings. The minimum absolute atomic E-state index is 0.0558. The fourth-order valence-electron chi connectivity index (χ4n) is 3.43. The molecule has 0 aliphatic carbocycles. The molecule has 6 nitrogen and oxygen atoms in total. The lowest BCUT2D eigenvalue weighted by atomic mass is 9.40. The van der Waals surface area contributed by atoms with Gasteiger partial charge >= 0.3 is 6.71 Å². The molecule has 25 heavy (non-hydrogen) atoms. The second-order valence-electron chi connectivity index (χ2n) is 7.09. The normalized spacial score (nSPS) is 11.4. The van der Waals surface area contributed by atoms with Crippen molar-refractivity contribution in [1.82, 2.24) is 29.3 Å². The van der Waals surface area contributed by atoms with Gasteiger partial charge in [0.2, 0.25) is 0 Å². The van der Waals surface area contributed by atoms with E-state index in [-0.39, 0.29) is 6.71 Å². The molecule has 0 bridgehead atoms. The number of aryl methyl sites for hydroxylation is 3. The van der Waals surface area contributed by atoms with Gasteiger partial charge in [0.25, 0.3) is 0 Å². The van der Waals surface area contributed by atoms with Gasteiger partial charge in [-0.1, -0.05) is 0 Å². The van der Waals surface area contributed by atoms with Crippen molar-refractivity contribution in [2.45, 2.75) is 41.5 Å². The van der Waals surface area contributed by atoms with Crippen molar-refractivity contribution < 1.29 is 0 Å². The van der Waals surface area contributed by atoms with Crippen molar-refractivity contribution in [1.29, 1.82) is 0 Å². The van der Waals surface area contributed by atoms with Gasteiger partial charge in [0, 0.05) is 55.0 Å². The quantitative estimate of drug-likeness (QED) is 0.644. The molecule has 0 unspecified atom stereocenters. The average molecular weight is 338 g/mol. The zero-order valence-electron chi connectivity index (χ0n) is 16.8. The molecule has 0 radical (unpaired) electrons. The lowest BCUT2D eigenvalue weighted by molar-refractivity contribution is 0.740. The summed E-state index contributed by atoms with van der Waals surface area (Å²) in [6, 6.07) is 0. The van der Waals surface area contributed by atoms with E-state index >= 15 is 0 Å². The van der Waals surface area contributed by atoms with E-state index in [1.54, 1.807) is 0 Å². The van der Waals surface area contributed by atoms with Crippen LogP contribution < -0.4 is 16.8 Å². The first kappa shape index (κ1) is 17.5. The van der Waals surface area contributed by atoms with Crippen molar-refractivity contribution in [2.24, 2.45) is 21.1 Å². The predicted octanol–water partition coefficient (Wildman–Crippen LogP) is 0.254. The van der Waals surface area contributed by atoms with Crippen molar-refractivity contribution >= 4 is 23.5 Å². The van der Waals surface area contributed by atoms with Crippen LogP contribution in [-0.2, 0) is 21.1 Å². The fraction of sp³-hybridized carbons (Fsp3) is 0.500. The van der Waals surface area contributed by atoms with Gasteiger partial charge in [0.15, 0.2) is 0 Å². The third-order valence-corrected chi connectivity index (χ3v) is 5.83. The molecule has 0 amide bonds. The van der Waals surface area contributed by atoms with E-state index in [0.29, 0.717) is 0 Å². The van der Waals surface area contributed by atoms with E-state index < -0.39 is 0 Å². The monoisotopic (exact) mass is 338 g/mol. The van der Waals surface area contributed by atoms with Crippen LogP contribution in [0.2, 0.25) is 0 Å². The van der Waals surface area contributed by atoms with Gasteiger partial charge in [-0.3, -0.25) is 14.0 Å². The van der Waals surface area contributed by atoms with Crippen LogP contribution >= 0.6 is 0 Å². The van der Waals surface area contributed by atoms with Gasteiger partial charge in [0.1, 0.15) is 0 Å². The summed E-state index contributed by atoms with van der Waals surface area (Å²) in [7, 11) is 5.99. The van der Waals surface area contributed by atoms with E-state index in [0.717, 1.165) is 16.8 Å². The molecular formula is C18H27BN6. The van der Waals surface area contributed by atoms with Gasteiger partial charge in [-0.05, 0) is 58.2 Å². The summed E-state index contributed by atoms with van der Waals surface area (Å²) in [6.07, 6.45) is 0. The lowest BCUT2D eigenvalue weighted by Gasteiger charge is -2.10. The molecule has 0 aromatic carbocycles. The Kier molecular flexibility index (Phi) is 4.13. The molecule has 3 aromatic heterocycles. The summed E-state index contributed by atoms with van der Waals surface area (Å²) in [6.45, 7) is 12.7. The van der Waals surface area contributed by atoms with Crippen LogP contribution in [0, 0.1) is 41.5 Å². The molecule has 0 aliphatic rings. The highest BCUT2D eigenvalue weighted by molar-refractivity contribution is 6.94. The van der Waals surface area contributed by atoms with Crippen molar-refractivity contribution in [3.8, 4) is 0 Å². The average Bonchev–Trinajstić information content (AvgIpc) is 3.08. The Morgan fingerprint density at radius 1 is 0.520 bits per heavy atom. The van der Waals surface area contributed by atoms with Crippen LogP contribution in [0.25, 0.3) is 0 Å². The Labute approximate surface area is 149 Å². The Morgan fingerprint density at radius 2 is 0.760 bits per heavy atom. The predicted molar refractivity (Wildman–Crippen MR) is 103 cm³/mol. The molecule has 3 rings (SSSR count). The Balaban J connectivity index is 2.34. The number of aromatic nitrogens is 6. The van der Waals surface area contributed by atoms with E-state index in [4.69, 9.17) is 15.3 Å². The zero-order chi connectivity index (χ0) is 18.6. The maximum atomic E-state index is 4.84. The zero-order valence-corrected chi connectivity index (χ0v) is 16.8. The largest absolute Gasteiger partial charge is 0.318 e. The van der Waals surface area contributed by atoms with E-state index in [1.807, 2.05) is 35.2 Å². The van der Waals surface area contributed by atoms with Gasteiger partial charge < -0.3 is 0 Å². The Hall–Kier alpha value is -2.31. The van der Waals surface area contributed by atoms with Gasteiger partial charge in [-0.25, -0.2) is 0 Å². The Morgan fingerprint density at radius 3 is 0.920 bits per heavy atom. The summed E-state index contributed by atoms with van der Waals surface area (Å²) in [4.78, 5) is 0. The maximum Gasteiger partial charge on any atom is 0.318 e. The maximum absolute atomic E-state index is 4.84. The van der Waals surface area contributed by atoms with Gasteiger partial charge in [0.05, 0.1) is 0 Å². The van der Waals surface area contributed by atoms with E-state index in [9.17, 15) is 0 Å². The molecule has 0 N–H and O–H groups in total. The summed E-state index contributed by atoms with van der Waals surface area (Å²) < 4.78 is 5.86. The highest BCUT2D eigenvalue weighted by Gasteiger charge is 2.36. The van der Waals surface area contributed by atoms with Crippen LogP contribution in [0.1, 0.15) is 33.8 Å². The van der Waals surface area contributed by atoms with E-state index in [1.165, 1.54) is 33.8 Å². The number of hydrogen-bond donors (Lipinski definition) is 0. The molecule has 0 aliphatic heterocycles. The van der Waals surface area contributed by atoms with Crippen LogP contribution in [0.4, 0.5) is 0 Å². The van der Waals surface area contributed by atoms with E-state index in [2.05, 4.69) is 41.5 Å². The topological polar surface area (TPSA) is 53.5 Å². The van der Waals surface area contributed by atoms with Crippen LogP contribution in [0.15, 0.2) is 0 Å². The van der Waals surface area contributed by atoms with Crippen LogP contribution in [0.3, 0.4) is 0 Å². The summed E-state index contributed by atoms with van der Waals surface area (Å²) in [5.41, 5.74) is 10.3. The van der Waals surface area contributed by atoms with Crippen molar-refractivity contribution in [3.63, 3.8) is 0 Å². The SMILES string of the molecule is Cc1c(B(c2nn(C)c(C)c2C)c2nn(C)c(C)c2C)nn(C)c1C. The molecular weight excluding hydrogens is 311 g/mol. The summed E-state index contributed by atoms with van der Waals surface area (Å²) in [5, 5.41) is 14.5. The standard InChI is InChI=1S/C18H27BN6/c1-10-13(4)23(7)20-16(10)19(17-11(2)14(5)24(8)21-17)18-12(3)15(6)25(9)22-18/h1-9H3. The first-order valence-electron chi connectivity index (χ1n) is 8.65. The molecule has 0 saturated carbocycles. The first-order valence-corrected chi connectivity index (χ1v) is 8.65. The third kappa shape index (κ3) is 2.53. The van der Waals surface area contributed by atoms with Gasteiger partial charge in [-0.15, -0.1) is 0 Å². The summed E-state index contributed by atoms with van der Waals surface area (Å²) >= 11 is 0. The smallest absolute Gasteiger partial charge is 0.273 e. The molecule has 3 aromatic rings. The van der Waals surface area contributed by atoms with Crippen LogP contribution in [0.5, 0.6) is 0 Å². The first-order chi connectivity index (χ1) is 11.6. The molecule has 3 heterocycles. The highest BCUT2D eigenvalue weighted by atomic mass is 15.3. The molecule has 0 atom stereocenters. The second kappa shape index (κ2) is 5.90. The number of nitrogens with zero attached hydrogens (tertiary/aromatic N) is 6.